The summed E-state index contributed by atoms with van der Waals surface area (Å²) in [4.78, 5) is 0. The Kier molecular flexibility index (Phi) is 5.15. The number of furan rings is 1. The summed E-state index contributed by atoms with van der Waals surface area (Å²) in [6, 6.07) is 6.78. The zero-order valence-electron chi connectivity index (χ0n) is 11.1. The van der Waals surface area contributed by atoms with E-state index < -0.39 is 11.6 Å². The molecule has 2 aromatic rings. The van der Waals surface area contributed by atoms with Crippen molar-refractivity contribution in [3.8, 4) is 0 Å². The second kappa shape index (κ2) is 6.86. The van der Waals surface area contributed by atoms with Crippen molar-refractivity contribution in [1.29, 1.82) is 0 Å². The van der Waals surface area contributed by atoms with Crippen LogP contribution in [0, 0.1) is 11.6 Å². The average molecular weight is 300 g/mol. The number of nitrogens with one attached hydrogen (secondary N) is 1. The molecule has 0 spiro atoms. The fourth-order valence-corrected chi connectivity index (χ4v) is 2.22. The van der Waals surface area contributed by atoms with Crippen LogP contribution in [0.5, 0.6) is 0 Å². The van der Waals surface area contributed by atoms with Gasteiger partial charge in [-0.2, -0.15) is 0 Å². The van der Waals surface area contributed by atoms with Crippen LogP contribution in [0.1, 0.15) is 30.7 Å². The van der Waals surface area contributed by atoms with Gasteiger partial charge in [0.05, 0.1) is 6.04 Å². The lowest BCUT2D eigenvalue weighted by Gasteiger charge is -2.16. The van der Waals surface area contributed by atoms with Gasteiger partial charge in [-0.05, 0) is 60.8 Å². The SMILES string of the molecule is CCCNC(Cc1cc(F)cc(F)c1)c1ccc(Cl)o1. The van der Waals surface area contributed by atoms with Crippen LogP contribution in [-0.4, -0.2) is 6.54 Å². The Morgan fingerprint density at radius 1 is 1.20 bits per heavy atom. The third kappa shape index (κ3) is 4.05. The molecule has 0 aliphatic carbocycles. The molecule has 0 saturated carbocycles. The third-order valence-electron chi connectivity index (χ3n) is 2.94. The van der Waals surface area contributed by atoms with Gasteiger partial charge in [-0.25, -0.2) is 8.78 Å². The molecule has 1 heterocycles. The Morgan fingerprint density at radius 2 is 1.90 bits per heavy atom. The minimum atomic E-state index is -0.577. The molecule has 0 saturated heterocycles. The molecule has 0 bridgehead atoms. The third-order valence-corrected chi connectivity index (χ3v) is 3.14. The predicted octanol–water partition coefficient (Wildman–Crippen LogP) is 4.49. The van der Waals surface area contributed by atoms with Gasteiger partial charge in [-0.1, -0.05) is 6.92 Å². The molecule has 1 aromatic heterocycles. The van der Waals surface area contributed by atoms with E-state index in [-0.39, 0.29) is 6.04 Å². The highest BCUT2D eigenvalue weighted by Gasteiger charge is 2.16. The van der Waals surface area contributed by atoms with E-state index >= 15 is 0 Å². The molecule has 108 valence electrons. The van der Waals surface area contributed by atoms with Gasteiger partial charge >= 0.3 is 0 Å². The minimum absolute atomic E-state index is 0.163. The number of benzene rings is 1. The van der Waals surface area contributed by atoms with E-state index in [2.05, 4.69) is 5.32 Å². The number of hydrogen-bond acceptors (Lipinski definition) is 2. The van der Waals surface area contributed by atoms with E-state index in [1.165, 1.54) is 12.1 Å². The molecule has 0 radical (unpaired) electrons. The van der Waals surface area contributed by atoms with E-state index in [9.17, 15) is 8.78 Å². The highest BCUT2D eigenvalue weighted by atomic mass is 35.5. The number of halogens is 3. The normalized spacial score (nSPS) is 12.6. The molecular weight excluding hydrogens is 284 g/mol. The molecule has 0 aliphatic rings. The largest absolute Gasteiger partial charge is 0.448 e. The summed E-state index contributed by atoms with van der Waals surface area (Å²) >= 11 is 5.78. The van der Waals surface area contributed by atoms with Gasteiger partial charge in [0.25, 0.3) is 0 Å². The summed E-state index contributed by atoms with van der Waals surface area (Å²) < 4.78 is 31.9. The first-order valence-electron chi connectivity index (χ1n) is 6.52. The summed E-state index contributed by atoms with van der Waals surface area (Å²) in [5, 5.41) is 3.59. The standard InChI is InChI=1S/C15H16ClF2NO/c1-2-5-19-13(14-3-4-15(16)20-14)8-10-6-11(17)9-12(18)7-10/h3-4,6-7,9,13,19H,2,5,8H2,1H3. The molecule has 2 rings (SSSR count). The average Bonchev–Trinajstić information content (AvgIpc) is 2.80. The van der Waals surface area contributed by atoms with Crippen molar-refractivity contribution < 1.29 is 13.2 Å². The van der Waals surface area contributed by atoms with Crippen molar-refractivity contribution in [2.75, 3.05) is 6.54 Å². The van der Waals surface area contributed by atoms with Crippen LogP contribution in [-0.2, 0) is 6.42 Å². The molecular formula is C15H16ClF2NO. The van der Waals surface area contributed by atoms with Crippen LogP contribution in [0.3, 0.4) is 0 Å². The molecule has 0 aliphatic heterocycles. The first-order valence-corrected chi connectivity index (χ1v) is 6.90. The van der Waals surface area contributed by atoms with Crippen LogP contribution in [0.2, 0.25) is 5.22 Å². The van der Waals surface area contributed by atoms with Crippen molar-refractivity contribution in [2.45, 2.75) is 25.8 Å². The monoisotopic (exact) mass is 299 g/mol. The van der Waals surface area contributed by atoms with Crippen molar-refractivity contribution in [3.05, 3.63) is 58.5 Å². The molecule has 0 fully saturated rings. The lowest BCUT2D eigenvalue weighted by Crippen LogP contribution is -2.23. The number of hydrogen-bond donors (Lipinski definition) is 1. The second-order valence-corrected chi connectivity index (χ2v) is 5.00. The fourth-order valence-electron chi connectivity index (χ4n) is 2.07. The lowest BCUT2D eigenvalue weighted by molar-refractivity contribution is 0.410. The first-order chi connectivity index (χ1) is 9.58. The molecule has 20 heavy (non-hydrogen) atoms. The van der Waals surface area contributed by atoms with Gasteiger partial charge < -0.3 is 9.73 Å². The van der Waals surface area contributed by atoms with E-state index in [0.717, 1.165) is 19.0 Å². The molecule has 1 atom stereocenters. The maximum absolute atomic E-state index is 13.2. The van der Waals surface area contributed by atoms with Gasteiger partial charge in [0.15, 0.2) is 5.22 Å². The van der Waals surface area contributed by atoms with Crippen molar-refractivity contribution in [1.82, 2.24) is 5.32 Å². The molecule has 1 unspecified atom stereocenters. The Morgan fingerprint density at radius 3 is 2.45 bits per heavy atom. The first kappa shape index (κ1) is 15.0. The summed E-state index contributed by atoms with van der Waals surface area (Å²) in [6.45, 7) is 2.82. The van der Waals surface area contributed by atoms with Crippen LogP contribution in [0.4, 0.5) is 8.78 Å². The van der Waals surface area contributed by atoms with Gasteiger partial charge in [0, 0.05) is 6.07 Å². The summed E-state index contributed by atoms with van der Waals surface area (Å²) in [5.41, 5.74) is 0.573. The highest BCUT2D eigenvalue weighted by molar-refractivity contribution is 6.28. The maximum atomic E-state index is 13.2. The maximum Gasteiger partial charge on any atom is 0.193 e. The highest BCUT2D eigenvalue weighted by Crippen LogP contribution is 2.24. The van der Waals surface area contributed by atoms with Crippen LogP contribution >= 0.6 is 11.6 Å². The Hall–Kier alpha value is -1.39. The second-order valence-electron chi connectivity index (χ2n) is 4.63. The van der Waals surface area contributed by atoms with Crippen LogP contribution in [0.25, 0.3) is 0 Å². The van der Waals surface area contributed by atoms with Crippen LogP contribution < -0.4 is 5.32 Å². The summed E-state index contributed by atoms with van der Waals surface area (Å²) in [5.74, 6) is -0.494. The van der Waals surface area contributed by atoms with Gasteiger partial charge in [0.2, 0.25) is 0 Å². The quantitative estimate of drug-likeness (QED) is 0.850. The van der Waals surface area contributed by atoms with Gasteiger partial charge in [-0.15, -0.1) is 0 Å². The molecule has 2 nitrogen and oxygen atoms in total. The fraction of sp³-hybridized carbons (Fsp3) is 0.333. The topological polar surface area (TPSA) is 25.2 Å². The Balaban J connectivity index is 2.18. The zero-order valence-corrected chi connectivity index (χ0v) is 11.9. The lowest BCUT2D eigenvalue weighted by atomic mass is 10.0. The molecule has 1 N–H and O–H groups in total. The summed E-state index contributed by atoms with van der Waals surface area (Å²) in [6.07, 6.45) is 1.38. The Labute approximate surface area is 121 Å². The van der Waals surface area contributed by atoms with E-state index in [0.29, 0.717) is 23.0 Å². The predicted molar refractivity (Wildman–Crippen MR) is 74.8 cm³/mol. The molecule has 1 aromatic carbocycles. The molecule has 5 heteroatoms. The van der Waals surface area contributed by atoms with Crippen LogP contribution in [0.15, 0.2) is 34.7 Å². The number of rotatable bonds is 6. The van der Waals surface area contributed by atoms with E-state index in [1.54, 1.807) is 12.1 Å². The van der Waals surface area contributed by atoms with Gasteiger partial charge in [-0.3, -0.25) is 0 Å². The molecule has 0 amide bonds. The van der Waals surface area contributed by atoms with E-state index in [4.69, 9.17) is 16.0 Å². The van der Waals surface area contributed by atoms with Crippen molar-refractivity contribution >= 4 is 11.6 Å². The summed E-state index contributed by atoms with van der Waals surface area (Å²) in [7, 11) is 0. The minimum Gasteiger partial charge on any atom is -0.448 e. The zero-order chi connectivity index (χ0) is 14.5. The van der Waals surface area contributed by atoms with Gasteiger partial charge in [0.1, 0.15) is 17.4 Å². The van der Waals surface area contributed by atoms with Crippen molar-refractivity contribution in [2.24, 2.45) is 0 Å². The Bertz CT molecular complexity index is 551. The van der Waals surface area contributed by atoms with Crippen molar-refractivity contribution in [3.63, 3.8) is 0 Å². The smallest absolute Gasteiger partial charge is 0.193 e. The van der Waals surface area contributed by atoms with E-state index in [1.807, 2.05) is 6.92 Å².